The molecule has 1 aromatic carbocycles. The number of esters is 2. The van der Waals surface area contributed by atoms with Crippen LogP contribution in [0.25, 0.3) is 0 Å². The molecular formula is C17H24O5. The van der Waals surface area contributed by atoms with E-state index < -0.39 is 5.60 Å². The van der Waals surface area contributed by atoms with Gasteiger partial charge in [-0.25, -0.2) is 9.59 Å². The summed E-state index contributed by atoms with van der Waals surface area (Å²) in [5.41, 5.74) is 0.0511. The van der Waals surface area contributed by atoms with E-state index in [1.807, 2.05) is 26.8 Å². The van der Waals surface area contributed by atoms with Crippen LogP contribution < -0.4 is 0 Å². The van der Waals surface area contributed by atoms with Crippen LogP contribution in [0.4, 0.5) is 0 Å². The van der Waals surface area contributed by atoms with Gasteiger partial charge in [-0.1, -0.05) is 18.2 Å². The molecule has 0 aromatic heterocycles. The van der Waals surface area contributed by atoms with Crippen molar-refractivity contribution in [1.29, 1.82) is 0 Å². The second kappa shape index (κ2) is 9.20. The molecule has 22 heavy (non-hydrogen) atoms. The number of benzene rings is 1. The van der Waals surface area contributed by atoms with Gasteiger partial charge in [-0.3, -0.25) is 0 Å². The minimum Gasteiger partial charge on any atom is -0.462 e. The van der Waals surface area contributed by atoms with E-state index in [4.69, 9.17) is 14.2 Å². The molecule has 1 aromatic rings. The summed E-state index contributed by atoms with van der Waals surface area (Å²) in [5, 5.41) is 0. The third kappa shape index (κ3) is 8.42. The number of hydrogen-bond acceptors (Lipinski definition) is 5. The lowest BCUT2D eigenvalue weighted by molar-refractivity contribution is -0.160. The molecule has 122 valence electrons. The van der Waals surface area contributed by atoms with Crippen LogP contribution >= 0.6 is 0 Å². The highest BCUT2D eigenvalue weighted by Gasteiger charge is 2.15. The molecule has 5 nitrogen and oxygen atoms in total. The van der Waals surface area contributed by atoms with Crippen molar-refractivity contribution in [2.24, 2.45) is 0 Å². The predicted octanol–water partition coefficient (Wildman–Crippen LogP) is 2.98. The van der Waals surface area contributed by atoms with E-state index >= 15 is 0 Å². The van der Waals surface area contributed by atoms with Crippen molar-refractivity contribution >= 4 is 11.9 Å². The maximum Gasteiger partial charge on any atom is 0.338 e. The zero-order chi connectivity index (χ0) is 16.4. The number of unbranched alkanes of at least 4 members (excludes halogenated alkanes) is 1. The zero-order valence-electron chi connectivity index (χ0n) is 13.5. The normalized spacial score (nSPS) is 11.0. The van der Waals surface area contributed by atoms with E-state index in [2.05, 4.69) is 0 Å². The van der Waals surface area contributed by atoms with Crippen molar-refractivity contribution in [2.75, 3.05) is 19.8 Å². The van der Waals surface area contributed by atoms with E-state index in [0.29, 0.717) is 31.6 Å². The summed E-state index contributed by atoms with van der Waals surface area (Å²) >= 11 is 0. The molecule has 5 heteroatoms. The predicted molar refractivity (Wildman–Crippen MR) is 82.6 cm³/mol. The van der Waals surface area contributed by atoms with E-state index in [9.17, 15) is 9.59 Å². The SMILES string of the molecule is CC(C)(C)OC(=O)COCCCCOC(=O)c1ccccc1. The van der Waals surface area contributed by atoms with Gasteiger partial charge in [-0.15, -0.1) is 0 Å². The lowest BCUT2D eigenvalue weighted by Crippen LogP contribution is -2.26. The van der Waals surface area contributed by atoms with Crippen molar-refractivity contribution in [3.05, 3.63) is 35.9 Å². The van der Waals surface area contributed by atoms with Crippen molar-refractivity contribution in [3.8, 4) is 0 Å². The molecule has 0 spiro atoms. The molecule has 0 aliphatic carbocycles. The Hall–Kier alpha value is -1.88. The maximum atomic E-state index is 11.6. The largest absolute Gasteiger partial charge is 0.462 e. The lowest BCUT2D eigenvalue weighted by atomic mass is 10.2. The summed E-state index contributed by atoms with van der Waals surface area (Å²) in [4.78, 5) is 23.0. The first-order chi connectivity index (χ1) is 10.4. The maximum absolute atomic E-state index is 11.6. The summed E-state index contributed by atoms with van der Waals surface area (Å²) in [5.74, 6) is -0.696. The monoisotopic (exact) mass is 308 g/mol. The Bertz CT molecular complexity index is 462. The van der Waals surface area contributed by atoms with Crippen molar-refractivity contribution in [2.45, 2.75) is 39.2 Å². The Morgan fingerprint density at radius 3 is 2.27 bits per heavy atom. The minimum absolute atomic E-state index is 0.0545. The molecule has 0 N–H and O–H groups in total. The van der Waals surface area contributed by atoms with Crippen LogP contribution in [0.5, 0.6) is 0 Å². The molecule has 0 saturated heterocycles. The average molecular weight is 308 g/mol. The van der Waals surface area contributed by atoms with Gasteiger partial charge >= 0.3 is 11.9 Å². The van der Waals surface area contributed by atoms with Gasteiger partial charge < -0.3 is 14.2 Å². The third-order valence-electron chi connectivity index (χ3n) is 2.57. The van der Waals surface area contributed by atoms with Crippen LogP contribution in [-0.4, -0.2) is 37.4 Å². The van der Waals surface area contributed by atoms with E-state index in [1.54, 1.807) is 24.3 Å². The summed E-state index contributed by atoms with van der Waals surface area (Å²) < 4.78 is 15.5. The molecule has 0 unspecified atom stereocenters. The summed E-state index contributed by atoms with van der Waals surface area (Å²) in [7, 11) is 0. The third-order valence-corrected chi connectivity index (χ3v) is 2.57. The zero-order valence-corrected chi connectivity index (χ0v) is 13.5. The minimum atomic E-state index is -0.494. The molecule has 0 aliphatic heterocycles. The van der Waals surface area contributed by atoms with Gasteiger partial charge in [0.25, 0.3) is 0 Å². The van der Waals surface area contributed by atoms with Gasteiger partial charge in [-0.05, 0) is 45.7 Å². The highest BCUT2D eigenvalue weighted by atomic mass is 16.6. The summed E-state index contributed by atoms with van der Waals surface area (Å²) in [6, 6.07) is 8.86. The molecular weight excluding hydrogens is 284 g/mol. The summed E-state index contributed by atoms with van der Waals surface area (Å²) in [6.07, 6.45) is 1.40. The fraction of sp³-hybridized carbons (Fsp3) is 0.529. The fourth-order valence-corrected chi connectivity index (χ4v) is 1.66. The molecule has 0 saturated carbocycles. The first kappa shape index (κ1) is 18.2. The van der Waals surface area contributed by atoms with Crippen molar-refractivity contribution in [3.63, 3.8) is 0 Å². The standard InChI is InChI=1S/C17H24O5/c1-17(2,3)22-15(18)13-20-11-7-8-12-21-16(19)14-9-5-4-6-10-14/h4-6,9-10H,7-8,11-13H2,1-3H3. The topological polar surface area (TPSA) is 61.8 Å². The lowest BCUT2D eigenvalue weighted by Gasteiger charge is -2.19. The Labute approximate surface area is 131 Å². The molecule has 0 heterocycles. The molecule has 0 fully saturated rings. The van der Waals surface area contributed by atoms with Gasteiger partial charge in [0.1, 0.15) is 12.2 Å². The fourth-order valence-electron chi connectivity index (χ4n) is 1.66. The molecule has 0 bridgehead atoms. The van der Waals surface area contributed by atoms with Crippen molar-refractivity contribution < 1.29 is 23.8 Å². The number of rotatable bonds is 8. The van der Waals surface area contributed by atoms with Gasteiger partial charge in [-0.2, -0.15) is 0 Å². The molecule has 0 aliphatic rings. The van der Waals surface area contributed by atoms with Crippen LogP contribution in [0.15, 0.2) is 30.3 Å². The Morgan fingerprint density at radius 1 is 1.00 bits per heavy atom. The first-order valence-corrected chi connectivity index (χ1v) is 7.40. The second-order valence-corrected chi connectivity index (χ2v) is 5.85. The van der Waals surface area contributed by atoms with E-state index in [-0.39, 0.29) is 18.5 Å². The highest BCUT2D eigenvalue weighted by molar-refractivity contribution is 5.89. The Morgan fingerprint density at radius 2 is 1.64 bits per heavy atom. The Kier molecular flexibility index (Phi) is 7.60. The van der Waals surface area contributed by atoms with Gasteiger partial charge in [0.15, 0.2) is 0 Å². The van der Waals surface area contributed by atoms with E-state index in [1.165, 1.54) is 0 Å². The van der Waals surface area contributed by atoms with Crippen molar-refractivity contribution in [1.82, 2.24) is 0 Å². The Balaban J connectivity index is 2.02. The van der Waals surface area contributed by atoms with Gasteiger partial charge in [0.2, 0.25) is 0 Å². The van der Waals surface area contributed by atoms with E-state index in [0.717, 1.165) is 0 Å². The quantitative estimate of drug-likeness (QED) is 0.546. The smallest absolute Gasteiger partial charge is 0.338 e. The molecule has 0 atom stereocenters. The second-order valence-electron chi connectivity index (χ2n) is 5.85. The van der Waals surface area contributed by atoms with Crippen LogP contribution in [0.1, 0.15) is 44.0 Å². The average Bonchev–Trinajstić information content (AvgIpc) is 2.45. The number of carbonyl (C=O) groups excluding carboxylic acids is 2. The van der Waals surface area contributed by atoms with Crippen LogP contribution in [0.3, 0.4) is 0 Å². The first-order valence-electron chi connectivity index (χ1n) is 7.40. The number of ether oxygens (including phenoxy) is 3. The molecule has 0 radical (unpaired) electrons. The van der Waals surface area contributed by atoms with Gasteiger partial charge in [0.05, 0.1) is 12.2 Å². The number of hydrogen-bond donors (Lipinski definition) is 0. The molecule has 0 amide bonds. The molecule has 1 rings (SSSR count). The number of carbonyl (C=O) groups is 2. The highest BCUT2D eigenvalue weighted by Crippen LogP contribution is 2.07. The summed E-state index contributed by atoms with van der Waals surface area (Å²) in [6.45, 7) is 6.15. The van der Waals surface area contributed by atoms with Gasteiger partial charge in [0, 0.05) is 6.61 Å². The van der Waals surface area contributed by atoms with Crippen LogP contribution in [0.2, 0.25) is 0 Å². The van der Waals surface area contributed by atoms with Crippen LogP contribution in [0, 0.1) is 0 Å². The van der Waals surface area contributed by atoms with Crippen LogP contribution in [-0.2, 0) is 19.0 Å².